The lowest BCUT2D eigenvalue weighted by Gasteiger charge is -2.12. The largest absolute Gasteiger partial charge is 0.494 e. The Hall–Kier alpha value is -2.44. The third kappa shape index (κ3) is 2.40. The van der Waals surface area contributed by atoms with Crippen LogP contribution in [0.25, 0.3) is 10.9 Å². The van der Waals surface area contributed by atoms with Gasteiger partial charge in [0.15, 0.2) is 11.6 Å². The summed E-state index contributed by atoms with van der Waals surface area (Å²) < 4.78 is 18.8. The van der Waals surface area contributed by atoms with E-state index in [9.17, 15) is 9.18 Å². The zero-order valence-corrected chi connectivity index (χ0v) is 10.3. The molecule has 0 saturated heterocycles. The number of anilines is 1. The lowest BCUT2D eigenvalue weighted by Crippen LogP contribution is -2.26. The average Bonchev–Trinajstić information content (AvgIpc) is 2.40. The number of aliphatic carboxylic acids is 1. The Morgan fingerprint density at radius 1 is 1.47 bits per heavy atom. The molecule has 1 atom stereocenters. The van der Waals surface area contributed by atoms with Crippen LogP contribution >= 0.6 is 0 Å². The molecule has 19 heavy (non-hydrogen) atoms. The van der Waals surface area contributed by atoms with E-state index in [1.165, 1.54) is 26.4 Å². The molecule has 1 heterocycles. The van der Waals surface area contributed by atoms with Gasteiger partial charge < -0.3 is 15.2 Å². The summed E-state index contributed by atoms with van der Waals surface area (Å²) in [6.45, 7) is 1.47. The molecule has 0 spiro atoms. The number of fused-ring (bicyclic) bond motifs is 1. The van der Waals surface area contributed by atoms with Crippen molar-refractivity contribution in [3.8, 4) is 5.75 Å². The first-order chi connectivity index (χ1) is 9.04. The smallest absolute Gasteiger partial charge is 0.325 e. The van der Waals surface area contributed by atoms with Gasteiger partial charge in [-0.25, -0.2) is 14.4 Å². The molecule has 0 bridgehead atoms. The van der Waals surface area contributed by atoms with Crippen LogP contribution in [0.2, 0.25) is 0 Å². The summed E-state index contributed by atoms with van der Waals surface area (Å²) in [5.74, 6) is -1.29. The molecule has 0 aliphatic heterocycles. The van der Waals surface area contributed by atoms with E-state index in [0.717, 1.165) is 0 Å². The van der Waals surface area contributed by atoms with Gasteiger partial charge in [0.05, 0.1) is 7.11 Å². The van der Waals surface area contributed by atoms with E-state index in [1.807, 2.05) is 0 Å². The van der Waals surface area contributed by atoms with Gasteiger partial charge in [-0.1, -0.05) is 0 Å². The molecule has 2 N–H and O–H groups in total. The fourth-order valence-electron chi connectivity index (χ4n) is 1.62. The molecule has 0 radical (unpaired) electrons. The lowest BCUT2D eigenvalue weighted by molar-refractivity contribution is -0.137. The monoisotopic (exact) mass is 265 g/mol. The van der Waals surface area contributed by atoms with Gasteiger partial charge in [0.25, 0.3) is 0 Å². The number of hydrogen-bond acceptors (Lipinski definition) is 5. The number of halogens is 1. The number of aromatic nitrogens is 2. The number of rotatable bonds is 4. The Bertz CT molecular complexity index is 633. The number of ether oxygens (including phenoxy) is 1. The molecule has 100 valence electrons. The van der Waals surface area contributed by atoms with Crippen LogP contribution in [0, 0.1) is 5.82 Å². The number of hydrogen-bond donors (Lipinski definition) is 2. The van der Waals surface area contributed by atoms with Gasteiger partial charge in [-0.2, -0.15) is 0 Å². The molecule has 1 aromatic heterocycles. The molecule has 0 amide bonds. The molecule has 6 nitrogen and oxygen atoms in total. The molecular weight excluding hydrogens is 253 g/mol. The molecule has 0 fully saturated rings. The Kier molecular flexibility index (Phi) is 3.46. The van der Waals surface area contributed by atoms with Gasteiger partial charge in [0, 0.05) is 5.39 Å². The van der Waals surface area contributed by atoms with Crippen molar-refractivity contribution in [1.29, 1.82) is 0 Å². The van der Waals surface area contributed by atoms with E-state index < -0.39 is 17.8 Å². The minimum Gasteiger partial charge on any atom is -0.494 e. The quantitative estimate of drug-likeness (QED) is 0.874. The maximum absolute atomic E-state index is 14.0. The molecule has 1 aromatic carbocycles. The number of carboxylic acid groups (broad SMARTS) is 1. The van der Waals surface area contributed by atoms with Crippen LogP contribution in [-0.4, -0.2) is 34.2 Å². The van der Waals surface area contributed by atoms with Crippen molar-refractivity contribution in [2.45, 2.75) is 13.0 Å². The second-order valence-corrected chi connectivity index (χ2v) is 3.90. The number of benzene rings is 1. The number of carboxylic acids is 1. The Morgan fingerprint density at radius 2 is 2.21 bits per heavy atom. The van der Waals surface area contributed by atoms with Crippen LogP contribution < -0.4 is 10.1 Å². The summed E-state index contributed by atoms with van der Waals surface area (Å²) in [4.78, 5) is 18.6. The Labute approximate surface area is 108 Å². The van der Waals surface area contributed by atoms with Gasteiger partial charge in [-0.15, -0.1) is 0 Å². The molecule has 0 aliphatic carbocycles. The standard InChI is InChI=1S/C12H12FN3O3/c1-6(12(17)18)16-11-7-3-4-8(19-2)9(13)10(7)14-5-15-11/h3-6H,1-2H3,(H,17,18)(H,14,15,16)/t6-/m1/s1. The van der Waals surface area contributed by atoms with Crippen molar-refractivity contribution in [1.82, 2.24) is 9.97 Å². The SMILES string of the molecule is COc1ccc2c(N[C@H](C)C(=O)O)ncnc2c1F. The van der Waals surface area contributed by atoms with E-state index >= 15 is 0 Å². The van der Waals surface area contributed by atoms with E-state index in [4.69, 9.17) is 9.84 Å². The van der Waals surface area contributed by atoms with Crippen molar-refractivity contribution >= 4 is 22.7 Å². The zero-order chi connectivity index (χ0) is 14.0. The first-order valence-electron chi connectivity index (χ1n) is 5.51. The van der Waals surface area contributed by atoms with E-state index in [-0.39, 0.29) is 17.1 Å². The molecule has 0 unspecified atom stereocenters. The first-order valence-corrected chi connectivity index (χ1v) is 5.51. The predicted molar refractivity (Wildman–Crippen MR) is 66.8 cm³/mol. The minimum absolute atomic E-state index is 0.0726. The highest BCUT2D eigenvalue weighted by molar-refractivity contribution is 5.91. The van der Waals surface area contributed by atoms with Crippen LogP contribution in [0.1, 0.15) is 6.92 Å². The Balaban J connectivity index is 2.52. The number of nitrogens with one attached hydrogen (secondary N) is 1. The predicted octanol–water partition coefficient (Wildman–Crippen LogP) is 1.66. The highest BCUT2D eigenvalue weighted by Gasteiger charge is 2.16. The van der Waals surface area contributed by atoms with Crippen molar-refractivity contribution in [2.75, 3.05) is 12.4 Å². The summed E-state index contributed by atoms with van der Waals surface area (Å²) in [6, 6.07) is 2.18. The maximum Gasteiger partial charge on any atom is 0.325 e. The third-order valence-electron chi connectivity index (χ3n) is 2.65. The zero-order valence-electron chi connectivity index (χ0n) is 10.3. The lowest BCUT2D eigenvalue weighted by atomic mass is 10.2. The normalized spacial score (nSPS) is 12.2. The topological polar surface area (TPSA) is 84.3 Å². The molecule has 2 aromatic rings. The fraction of sp³-hybridized carbons (Fsp3) is 0.250. The van der Waals surface area contributed by atoms with Gasteiger partial charge in [0.2, 0.25) is 0 Å². The van der Waals surface area contributed by atoms with Crippen LogP contribution in [0.3, 0.4) is 0 Å². The van der Waals surface area contributed by atoms with Gasteiger partial charge in [0.1, 0.15) is 23.7 Å². The maximum atomic E-state index is 14.0. The van der Waals surface area contributed by atoms with Gasteiger partial charge >= 0.3 is 5.97 Å². The first kappa shape index (κ1) is 13.0. The summed E-state index contributed by atoms with van der Waals surface area (Å²) >= 11 is 0. The van der Waals surface area contributed by atoms with Crippen molar-refractivity contribution in [2.24, 2.45) is 0 Å². The highest BCUT2D eigenvalue weighted by atomic mass is 19.1. The Morgan fingerprint density at radius 3 is 2.84 bits per heavy atom. The van der Waals surface area contributed by atoms with Crippen molar-refractivity contribution < 1.29 is 19.0 Å². The van der Waals surface area contributed by atoms with Crippen LogP contribution in [0.15, 0.2) is 18.5 Å². The number of methoxy groups -OCH3 is 1. The van der Waals surface area contributed by atoms with Crippen molar-refractivity contribution in [3.05, 3.63) is 24.3 Å². The van der Waals surface area contributed by atoms with Crippen molar-refractivity contribution in [3.63, 3.8) is 0 Å². The highest BCUT2D eigenvalue weighted by Crippen LogP contribution is 2.28. The molecule has 0 saturated carbocycles. The third-order valence-corrected chi connectivity index (χ3v) is 2.65. The van der Waals surface area contributed by atoms with Crippen LogP contribution in [0.4, 0.5) is 10.2 Å². The molecular formula is C12H12FN3O3. The summed E-state index contributed by atoms with van der Waals surface area (Å²) in [7, 11) is 1.36. The average molecular weight is 265 g/mol. The van der Waals surface area contributed by atoms with E-state index in [1.54, 1.807) is 6.07 Å². The fourth-order valence-corrected chi connectivity index (χ4v) is 1.62. The van der Waals surface area contributed by atoms with Gasteiger partial charge in [-0.3, -0.25) is 4.79 Å². The molecule has 2 rings (SSSR count). The van der Waals surface area contributed by atoms with Crippen LogP contribution in [0.5, 0.6) is 5.75 Å². The minimum atomic E-state index is -1.03. The summed E-state index contributed by atoms with van der Waals surface area (Å²) in [5, 5.41) is 11.9. The molecule has 7 heteroatoms. The van der Waals surface area contributed by atoms with E-state index in [2.05, 4.69) is 15.3 Å². The summed E-state index contributed by atoms with van der Waals surface area (Å²) in [6.07, 6.45) is 1.17. The number of nitrogens with zero attached hydrogens (tertiary/aromatic N) is 2. The van der Waals surface area contributed by atoms with E-state index in [0.29, 0.717) is 5.39 Å². The second kappa shape index (κ2) is 5.05. The van der Waals surface area contributed by atoms with Crippen LogP contribution in [-0.2, 0) is 4.79 Å². The summed E-state index contributed by atoms with van der Waals surface area (Å²) in [5.41, 5.74) is 0.0782. The number of carbonyl (C=O) groups is 1. The molecule has 0 aliphatic rings. The second-order valence-electron chi connectivity index (χ2n) is 3.90. The van der Waals surface area contributed by atoms with Gasteiger partial charge in [-0.05, 0) is 19.1 Å².